The lowest BCUT2D eigenvalue weighted by Gasteiger charge is -2.06. The second-order valence-corrected chi connectivity index (χ2v) is 6.78. The van der Waals surface area contributed by atoms with E-state index in [1.54, 1.807) is 31.4 Å². The highest BCUT2D eigenvalue weighted by Gasteiger charge is 2.20. The fourth-order valence-electron chi connectivity index (χ4n) is 2.53. The van der Waals surface area contributed by atoms with Crippen LogP contribution in [0.3, 0.4) is 0 Å². The maximum absolute atomic E-state index is 12.6. The van der Waals surface area contributed by atoms with Crippen molar-refractivity contribution in [3.05, 3.63) is 51.5 Å². The molecular formula is C17H16ClN3O2S. The van der Waals surface area contributed by atoms with Gasteiger partial charge >= 0.3 is 0 Å². The number of benzene rings is 1. The van der Waals surface area contributed by atoms with E-state index in [1.807, 2.05) is 13.0 Å². The SMILES string of the molecule is COCc1cc(C)nc2sc(C(=O)Nc3cccc(Cl)c3)c(N)c12. The maximum Gasteiger partial charge on any atom is 0.267 e. The predicted molar refractivity (Wildman–Crippen MR) is 98.9 cm³/mol. The molecule has 0 unspecified atom stereocenters. The number of amides is 1. The molecule has 2 aromatic heterocycles. The number of ether oxygens (including phenoxy) is 1. The molecular weight excluding hydrogens is 346 g/mol. The quantitative estimate of drug-likeness (QED) is 0.728. The van der Waals surface area contributed by atoms with Crippen LogP contribution < -0.4 is 11.1 Å². The highest BCUT2D eigenvalue weighted by molar-refractivity contribution is 7.21. The molecule has 24 heavy (non-hydrogen) atoms. The van der Waals surface area contributed by atoms with Gasteiger partial charge in [0, 0.05) is 28.9 Å². The van der Waals surface area contributed by atoms with Gasteiger partial charge in [-0.25, -0.2) is 4.98 Å². The summed E-state index contributed by atoms with van der Waals surface area (Å²) in [6.07, 6.45) is 0. The van der Waals surface area contributed by atoms with E-state index in [2.05, 4.69) is 10.3 Å². The Morgan fingerprint density at radius 2 is 2.21 bits per heavy atom. The zero-order chi connectivity index (χ0) is 17.3. The third-order valence-electron chi connectivity index (χ3n) is 3.50. The molecule has 7 heteroatoms. The highest BCUT2D eigenvalue weighted by atomic mass is 35.5. The molecule has 1 aromatic carbocycles. The van der Waals surface area contributed by atoms with Crippen molar-refractivity contribution in [1.29, 1.82) is 0 Å². The normalized spacial score (nSPS) is 11.0. The van der Waals surface area contributed by atoms with Gasteiger partial charge in [0.25, 0.3) is 5.91 Å². The van der Waals surface area contributed by atoms with E-state index in [9.17, 15) is 4.79 Å². The van der Waals surface area contributed by atoms with E-state index >= 15 is 0 Å². The number of aromatic nitrogens is 1. The number of rotatable bonds is 4. The Hall–Kier alpha value is -2.15. The van der Waals surface area contributed by atoms with Gasteiger partial charge < -0.3 is 15.8 Å². The lowest BCUT2D eigenvalue weighted by Crippen LogP contribution is -2.12. The van der Waals surface area contributed by atoms with Crippen molar-refractivity contribution in [1.82, 2.24) is 4.98 Å². The number of anilines is 2. The first-order valence-corrected chi connectivity index (χ1v) is 8.43. The summed E-state index contributed by atoms with van der Waals surface area (Å²) in [5.74, 6) is -0.279. The van der Waals surface area contributed by atoms with Gasteiger partial charge in [0.05, 0.1) is 12.3 Å². The van der Waals surface area contributed by atoms with Gasteiger partial charge in [-0.2, -0.15) is 0 Å². The minimum Gasteiger partial charge on any atom is -0.397 e. The number of nitrogens with one attached hydrogen (secondary N) is 1. The van der Waals surface area contributed by atoms with Gasteiger partial charge in [0.2, 0.25) is 0 Å². The van der Waals surface area contributed by atoms with E-state index in [1.165, 1.54) is 11.3 Å². The van der Waals surface area contributed by atoms with Crippen molar-refractivity contribution in [2.75, 3.05) is 18.2 Å². The van der Waals surface area contributed by atoms with Gasteiger partial charge in [-0.15, -0.1) is 11.3 Å². The van der Waals surface area contributed by atoms with Crippen LogP contribution in [0.2, 0.25) is 5.02 Å². The molecule has 3 N–H and O–H groups in total. The molecule has 5 nitrogen and oxygen atoms in total. The van der Waals surface area contributed by atoms with Crippen LogP contribution >= 0.6 is 22.9 Å². The van der Waals surface area contributed by atoms with Crippen molar-refractivity contribution in [3.8, 4) is 0 Å². The molecule has 3 aromatic rings. The number of thiophene rings is 1. The Balaban J connectivity index is 2.02. The second-order valence-electron chi connectivity index (χ2n) is 5.35. The molecule has 3 rings (SSSR count). The monoisotopic (exact) mass is 361 g/mol. The van der Waals surface area contributed by atoms with Crippen LogP contribution in [0.1, 0.15) is 20.9 Å². The summed E-state index contributed by atoms with van der Waals surface area (Å²) >= 11 is 7.22. The molecule has 0 saturated carbocycles. The van der Waals surface area contributed by atoms with Crippen LogP contribution in [0.4, 0.5) is 11.4 Å². The Kier molecular flexibility index (Phi) is 4.71. The largest absolute Gasteiger partial charge is 0.397 e. The molecule has 0 saturated heterocycles. The van der Waals surface area contributed by atoms with Crippen molar-refractivity contribution in [3.63, 3.8) is 0 Å². The molecule has 0 spiro atoms. The Morgan fingerprint density at radius 3 is 2.92 bits per heavy atom. The molecule has 0 atom stereocenters. The Bertz CT molecular complexity index is 924. The summed E-state index contributed by atoms with van der Waals surface area (Å²) in [5, 5.41) is 4.15. The van der Waals surface area contributed by atoms with E-state index in [-0.39, 0.29) is 5.91 Å². The molecule has 0 fully saturated rings. The first-order valence-electron chi connectivity index (χ1n) is 7.24. The first-order chi connectivity index (χ1) is 11.5. The van der Waals surface area contributed by atoms with Crippen molar-refractivity contribution >= 4 is 50.4 Å². The van der Waals surface area contributed by atoms with Crippen LogP contribution in [0.5, 0.6) is 0 Å². The number of nitrogens with two attached hydrogens (primary N) is 1. The Labute approximate surface area is 148 Å². The number of carbonyl (C=O) groups excluding carboxylic acids is 1. The number of aryl methyl sites for hydroxylation is 1. The Morgan fingerprint density at radius 1 is 1.42 bits per heavy atom. The highest BCUT2D eigenvalue weighted by Crippen LogP contribution is 2.36. The average molecular weight is 362 g/mol. The number of nitrogens with zero attached hydrogens (tertiary/aromatic N) is 1. The summed E-state index contributed by atoms with van der Waals surface area (Å²) in [7, 11) is 1.62. The van der Waals surface area contributed by atoms with Crippen LogP contribution in [0, 0.1) is 6.92 Å². The summed E-state index contributed by atoms with van der Waals surface area (Å²) in [5.41, 5.74) is 9.06. The number of pyridine rings is 1. The van der Waals surface area contributed by atoms with Crippen molar-refractivity contribution in [2.24, 2.45) is 0 Å². The maximum atomic E-state index is 12.6. The van der Waals surface area contributed by atoms with E-state index in [0.29, 0.717) is 27.9 Å². The number of hydrogen-bond acceptors (Lipinski definition) is 5. The number of halogens is 1. The number of fused-ring (bicyclic) bond motifs is 1. The third kappa shape index (κ3) is 3.21. The van der Waals surface area contributed by atoms with E-state index < -0.39 is 0 Å². The smallest absolute Gasteiger partial charge is 0.267 e. The number of hydrogen-bond donors (Lipinski definition) is 2. The lowest BCUT2D eigenvalue weighted by molar-refractivity contribution is 0.103. The molecule has 0 aliphatic carbocycles. The molecule has 1 amide bonds. The van der Waals surface area contributed by atoms with Gasteiger partial charge in [-0.3, -0.25) is 4.79 Å². The molecule has 0 aliphatic heterocycles. The van der Waals surface area contributed by atoms with Gasteiger partial charge in [0.15, 0.2) is 0 Å². The van der Waals surface area contributed by atoms with Crippen LogP contribution in [0.15, 0.2) is 30.3 Å². The first kappa shape index (κ1) is 16.7. The van der Waals surface area contributed by atoms with E-state index in [4.69, 9.17) is 22.1 Å². The lowest BCUT2D eigenvalue weighted by atomic mass is 10.1. The summed E-state index contributed by atoms with van der Waals surface area (Å²) < 4.78 is 5.23. The van der Waals surface area contributed by atoms with Crippen LogP contribution in [-0.4, -0.2) is 18.0 Å². The number of methoxy groups -OCH3 is 1. The molecule has 2 heterocycles. The third-order valence-corrected chi connectivity index (χ3v) is 4.83. The zero-order valence-electron chi connectivity index (χ0n) is 13.2. The fraction of sp³-hybridized carbons (Fsp3) is 0.176. The van der Waals surface area contributed by atoms with E-state index in [0.717, 1.165) is 21.5 Å². The van der Waals surface area contributed by atoms with Crippen LogP contribution in [-0.2, 0) is 11.3 Å². The summed E-state index contributed by atoms with van der Waals surface area (Å²) in [6.45, 7) is 2.32. The summed E-state index contributed by atoms with van der Waals surface area (Å²) in [4.78, 5) is 18.2. The average Bonchev–Trinajstić information content (AvgIpc) is 2.84. The van der Waals surface area contributed by atoms with Crippen molar-refractivity contribution in [2.45, 2.75) is 13.5 Å². The number of carbonyl (C=O) groups is 1. The van der Waals surface area contributed by atoms with Crippen molar-refractivity contribution < 1.29 is 9.53 Å². The summed E-state index contributed by atoms with van der Waals surface area (Å²) in [6, 6.07) is 8.89. The van der Waals surface area contributed by atoms with Gasteiger partial charge in [0.1, 0.15) is 9.71 Å². The second kappa shape index (κ2) is 6.76. The number of nitrogen functional groups attached to an aromatic ring is 1. The fourth-order valence-corrected chi connectivity index (χ4v) is 3.80. The predicted octanol–water partition coefficient (Wildman–Crippen LogP) is 4.24. The van der Waals surface area contributed by atoms with Gasteiger partial charge in [-0.05, 0) is 36.8 Å². The topological polar surface area (TPSA) is 77.2 Å². The van der Waals surface area contributed by atoms with Gasteiger partial charge in [-0.1, -0.05) is 17.7 Å². The zero-order valence-corrected chi connectivity index (χ0v) is 14.8. The molecule has 0 radical (unpaired) electrons. The standard InChI is InChI=1S/C17H16ClN3O2S/c1-9-6-10(8-23-2)13-14(19)15(24-17(13)20-9)16(22)21-12-5-3-4-11(18)7-12/h3-7H,8,19H2,1-2H3,(H,21,22). The molecule has 124 valence electrons. The molecule has 0 aliphatic rings. The van der Waals surface area contributed by atoms with Crippen LogP contribution in [0.25, 0.3) is 10.2 Å². The molecule has 0 bridgehead atoms. The minimum atomic E-state index is -0.279. The minimum absolute atomic E-state index is 0.279.